The third kappa shape index (κ3) is 4.23. The zero-order valence-electron chi connectivity index (χ0n) is 12.3. The number of hydrogen-bond acceptors (Lipinski definition) is 3. The van der Waals surface area contributed by atoms with Crippen LogP contribution in [0.5, 0.6) is 0 Å². The molecule has 24 heavy (non-hydrogen) atoms. The van der Waals surface area contributed by atoms with Crippen LogP contribution < -0.4 is 5.32 Å². The highest BCUT2D eigenvalue weighted by Crippen LogP contribution is 2.36. The topological polar surface area (TPSA) is 24.9 Å². The minimum Gasteiger partial charge on any atom is -0.306 e. The zero-order chi connectivity index (χ0) is 17.1. The molecule has 0 spiro atoms. The van der Waals surface area contributed by atoms with Crippen LogP contribution in [0.3, 0.4) is 0 Å². The van der Waals surface area contributed by atoms with Gasteiger partial charge in [0.25, 0.3) is 0 Å². The third-order valence-electron chi connectivity index (χ3n) is 3.36. The Morgan fingerprint density at radius 2 is 1.75 bits per heavy atom. The van der Waals surface area contributed by atoms with Crippen LogP contribution in [0.2, 0.25) is 20.1 Å². The summed E-state index contributed by atoms with van der Waals surface area (Å²) in [7, 11) is 0. The fraction of sp³-hybridized carbons (Fsp3) is 0.118. The van der Waals surface area contributed by atoms with Gasteiger partial charge in [0.1, 0.15) is 5.01 Å². The van der Waals surface area contributed by atoms with E-state index in [1.54, 1.807) is 23.5 Å². The second-order valence-corrected chi connectivity index (χ2v) is 7.79. The van der Waals surface area contributed by atoms with Crippen molar-refractivity contribution in [3.8, 4) is 10.4 Å². The Morgan fingerprint density at radius 1 is 0.917 bits per heavy atom. The number of thiazole rings is 1. The van der Waals surface area contributed by atoms with Crippen LogP contribution >= 0.6 is 57.7 Å². The normalized spacial score (nSPS) is 11.0. The van der Waals surface area contributed by atoms with E-state index in [2.05, 4.69) is 10.3 Å². The highest BCUT2D eigenvalue weighted by atomic mass is 35.5. The molecule has 1 N–H and O–H groups in total. The van der Waals surface area contributed by atoms with Crippen LogP contribution in [0.1, 0.15) is 10.6 Å². The van der Waals surface area contributed by atoms with Crippen LogP contribution in [0.25, 0.3) is 10.4 Å². The maximum atomic E-state index is 6.26. The molecule has 2 nitrogen and oxygen atoms in total. The van der Waals surface area contributed by atoms with E-state index >= 15 is 0 Å². The van der Waals surface area contributed by atoms with Gasteiger partial charge < -0.3 is 5.32 Å². The Bertz CT molecular complexity index is 864. The van der Waals surface area contributed by atoms with E-state index in [0.29, 0.717) is 33.2 Å². The van der Waals surface area contributed by atoms with Gasteiger partial charge in [-0.15, -0.1) is 11.3 Å². The van der Waals surface area contributed by atoms with Crippen LogP contribution in [0, 0.1) is 0 Å². The summed E-state index contributed by atoms with van der Waals surface area (Å²) in [5, 5.41) is 6.53. The predicted octanol–water partition coefficient (Wildman–Crippen LogP) is 6.71. The highest BCUT2D eigenvalue weighted by molar-refractivity contribution is 7.15. The first-order valence-corrected chi connectivity index (χ1v) is 9.41. The lowest BCUT2D eigenvalue weighted by Crippen LogP contribution is -2.12. The van der Waals surface area contributed by atoms with Crippen LogP contribution in [0.15, 0.2) is 42.6 Å². The second kappa shape index (κ2) is 8.05. The van der Waals surface area contributed by atoms with Crippen molar-refractivity contribution in [2.45, 2.75) is 13.1 Å². The molecule has 0 bridgehead atoms. The van der Waals surface area contributed by atoms with Crippen molar-refractivity contribution in [2.75, 3.05) is 0 Å². The molecule has 124 valence electrons. The molecular formula is C17H12Cl4N2S. The minimum absolute atomic E-state index is 0.543. The van der Waals surface area contributed by atoms with Crippen molar-refractivity contribution in [1.29, 1.82) is 0 Å². The van der Waals surface area contributed by atoms with Gasteiger partial charge in [-0.25, -0.2) is 4.98 Å². The molecule has 0 unspecified atom stereocenters. The number of nitrogens with one attached hydrogen (secondary N) is 1. The fourth-order valence-electron chi connectivity index (χ4n) is 2.17. The average Bonchev–Trinajstić information content (AvgIpc) is 3.02. The van der Waals surface area contributed by atoms with E-state index in [9.17, 15) is 0 Å². The Morgan fingerprint density at radius 3 is 2.54 bits per heavy atom. The lowest BCUT2D eigenvalue weighted by molar-refractivity contribution is 0.690. The number of nitrogens with zero attached hydrogens (tertiary/aromatic N) is 1. The molecule has 0 saturated heterocycles. The molecule has 3 aromatic rings. The summed E-state index contributed by atoms with van der Waals surface area (Å²) in [4.78, 5) is 5.43. The van der Waals surface area contributed by atoms with Gasteiger partial charge in [-0.2, -0.15) is 0 Å². The van der Waals surface area contributed by atoms with Gasteiger partial charge in [0.2, 0.25) is 0 Å². The van der Waals surface area contributed by atoms with E-state index in [4.69, 9.17) is 46.4 Å². The van der Waals surface area contributed by atoms with Crippen molar-refractivity contribution in [1.82, 2.24) is 10.3 Å². The zero-order valence-corrected chi connectivity index (χ0v) is 16.2. The SMILES string of the molecule is Clc1ccc(CNCc2ncc(-c3cccc(Cl)c3Cl)s2)cc1Cl. The van der Waals surface area contributed by atoms with Crippen molar-refractivity contribution in [3.63, 3.8) is 0 Å². The van der Waals surface area contributed by atoms with Gasteiger partial charge >= 0.3 is 0 Å². The van der Waals surface area contributed by atoms with Gasteiger partial charge in [-0.05, 0) is 23.8 Å². The first-order valence-electron chi connectivity index (χ1n) is 7.08. The Labute approximate surface area is 164 Å². The van der Waals surface area contributed by atoms with Crippen LogP contribution in [-0.4, -0.2) is 4.98 Å². The predicted molar refractivity (Wildman–Crippen MR) is 105 cm³/mol. The summed E-state index contributed by atoms with van der Waals surface area (Å²) in [6, 6.07) is 11.2. The Kier molecular flexibility index (Phi) is 6.03. The van der Waals surface area contributed by atoms with Crippen molar-refractivity contribution < 1.29 is 0 Å². The number of halogens is 4. The standard InChI is InChI=1S/C17H12Cl4N2S/c18-12-5-4-10(6-14(12)20)7-22-9-16-23-8-15(24-16)11-2-1-3-13(19)17(11)21/h1-6,8,22H,7,9H2. The first kappa shape index (κ1) is 18.0. The molecule has 0 amide bonds. The van der Waals surface area contributed by atoms with Crippen LogP contribution in [0.4, 0.5) is 0 Å². The summed E-state index contributed by atoms with van der Waals surface area (Å²) in [5.74, 6) is 0. The van der Waals surface area contributed by atoms with Gasteiger partial charge in [-0.1, -0.05) is 64.6 Å². The molecular weight excluding hydrogens is 406 g/mol. The molecule has 0 saturated carbocycles. The maximum absolute atomic E-state index is 6.26. The number of rotatable bonds is 5. The van der Waals surface area contributed by atoms with E-state index in [1.165, 1.54) is 0 Å². The Hall–Kier alpha value is -0.810. The molecule has 0 radical (unpaired) electrons. The third-order valence-corrected chi connectivity index (χ3v) is 5.95. The molecule has 3 rings (SSSR count). The summed E-state index contributed by atoms with van der Waals surface area (Å²) >= 11 is 25.8. The molecule has 1 heterocycles. The number of hydrogen-bond donors (Lipinski definition) is 1. The minimum atomic E-state index is 0.543. The molecule has 0 aliphatic carbocycles. The monoisotopic (exact) mass is 416 g/mol. The smallest absolute Gasteiger partial charge is 0.107 e. The van der Waals surface area contributed by atoms with Crippen molar-refractivity contribution in [2.24, 2.45) is 0 Å². The summed E-state index contributed by atoms with van der Waals surface area (Å²) in [6.45, 7) is 1.34. The molecule has 1 aromatic heterocycles. The molecule has 7 heteroatoms. The van der Waals surface area contributed by atoms with Gasteiger partial charge in [0, 0.05) is 24.8 Å². The summed E-state index contributed by atoms with van der Waals surface area (Å²) < 4.78 is 0. The summed E-state index contributed by atoms with van der Waals surface area (Å²) in [6.07, 6.45) is 1.82. The number of aromatic nitrogens is 1. The van der Waals surface area contributed by atoms with Crippen molar-refractivity contribution in [3.05, 3.63) is 73.3 Å². The van der Waals surface area contributed by atoms with Crippen molar-refractivity contribution >= 4 is 57.7 Å². The molecule has 0 atom stereocenters. The fourth-order valence-corrected chi connectivity index (χ4v) is 3.87. The highest BCUT2D eigenvalue weighted by Gasteiger charge is 2.10. The number of benzene rings is 2. The lowest BCUT2D eigenvalue weighted by atomic mass is 10.2. The Balaban J connectivity index is 1.64. The largest absolute Gasteiger partial charge is 0.306 e. The lowest BCUT2D eigenvalue weighted by Gasteiger charge is -2.04. The average molecular weight is 418 g/mol. The molecule has 0 aliphatic rings. The van der Waals surface area contributed by atoms with Crippen LogP contribution in [-0.2, 0) is 13.1 Å². The molecule has 0 fully saturated rings. The maximum Gasteiger partial charge on any atom is 0.107 e. The molecule has 2 aromatic carbocycles. The molecule has 0 aliphatic heterocycles. The van der Waals surface area contributed by atoms with Gasteiger partial charge in [0.15, 0.2) is 0 Å². The van der Waals surface area contributed by atoms with Gasteiger partial charge in [0.05, 0.1) is 25.0 Å². The first-order chi connectivity index (χ1) is 11.5. The second-order valence-electron chi connectivity index (χ2n) is 5.07. The van der Waals surface area contributed by atoms with E-state index in [0.717, 1.165) is 21.0 Å². The quantitative estimate of drug-likeness (QED) is 0.498. The summed E-state index contributed by atoms with van der Waals surface area (Å²) in [5.41, 5.74) is 1.97. The van der Waals surface area contributed by atoms with Gasteiger partial charge in [-0.3, -0.25) is 0 Å². The van der Waals surface area contributed by atoms with E-state index in [1.807, 2.05) is 30.5 Å². The van der Waals surface area contributed by atoms with E-state index < -0.39 is 0 Å². The van der Waals surface area contributed by atoms with E-state index in [-0.39, 0.29) is 0 Å².